The van der Waals surface area contributed by atoms with Crippen LogP contribution in [0, 0.1) is 0 Å². The maximum Gasteiger partial charge on any atom is 0.225 e. The van der Waals surface area contributed by atoms with Gasteiger partial charge in [-0.15, -0.1) is 0 Å². The van der Waals surface area contributed by atoms with Crippen molar-refractivity contribution in [1.82, 2.24) is 9.97 Å². The van der Waals surface area contributed by atoms with E-state index in [2.05, 4.69) is 22.8 Å². The third-order valence-corrected chi connectivity index (χ3v) is 7.68. The largest absolute Gasteiger partial charge is 0.486 e. The molecule has 7 nitrogen and oxygen atoms in total. The van der Waals surface area contributed by atoms with Crippen LogP contribution in [0.15, 0.2) is 101 Å². The van der Waals surface area contributed by atoms with Crippen LogP contribution in [-0.4, -0.2) is 28.3 Å². The first-order valence-electron chi connectivity index (χ1n) is 12.8. The molecule has 0 amide bonds. The predicted octanol–water partition coefficient (Wildman–Crippen LogP) is 6.27. The molecule has 2 heterocycles. The number of fused-ring (bicyclic) bond motifs is 2. The highest BCUT2D eigenvalue weighted by Crippen LogP contribution is 2.34. The first-order chi connectivity index (χ1) is 19.3. The van der Waals surface area contributed by atoms with E-state index in [1.54, 1.807) is 11.8 Å². The van der Waals surface area contributed by atoms with Gasteiger partial charge in [0.15, 0.2) is 11.5 Å². The first kappa shape index (κ1) is 25.0. The summed E-state index contributed by atoms with van der Waals surface area (Å²) in [6.45, 7) is 2.29. The molecule has 0 spiro atoms. The summed E-state index contributed by atoms with van der Waals surface area (Å²) in [5, 5.41) is 17.6. The number of benzene rings is 4. The molecule has 1 aliphatic heterocycles. The van der Waals surface area contributed by atoms with E-state index in [9.17, 15) is 5.11 Å². The van der Waals surface area contributed by atoms with E-state index < -0.39 is 0 Å². The van der Waals surface area contributed by atoms with Crippen LogP contribution in [0.3, 0.4) is 0 Å². The van der Waals surface area contributed by atoms with Gasteiger partial charge in [0.05, 0.1) is 12.1 Å². The molecule has 6 rings (SSSR count). The van der Waals surface area contributed by atoms with Crippen molar-refractivity contribution in [2.75, 3.05) is 23.8 Å². The number of aromatic nitrogens is 2. The van der Waals surface area contributed by atoms with E-state index in [0.717, 1.165) is 54.7 Å². The molecule has 0 radical (unpaired) electrons. The molecule has 0 saturated heterocycles. The Morgan fingerprint density at radius 3 is 2.28 bits per heavy atom. The van der Waals surface area contributed by atoms with Gasteiger partial charge < -0.3 is 25.2 Å². The SMILES string of the molecule is OCc1ccccc1Sc1ccccc1CNc1nc(NCc2ccc3c(c2)OCCO3)c2ccccc2n1. The number of nitrogens with zero attached hydrogens (tertiary/aromatic N) is 2. The zero-order chi connectivity index (χ0) is 26.4. The maximum atomic E-state index is 9.74. The fraction of sp³-hybridized carbons (Fsp3) is 0.161. The van der Waals surface area contributed by atoms with Crippen molar-refractivity contribution in [2.24, 2.45) is 0 Å². The lowest BCUT2D eigenvalue weighted by atomic mass is 10.2. The number of rotatable bonds is 9. The Labute approximate surface area is 231 Å². The molecule has 3 N–H and O–H groups in total. The highest BCUT2D eigenvalue weighted by atomic mass is 32.2. The van der Waals surface area contributed by atoms with Crippen molar-refractivity contribution in [3.63, 3.8) is 0 Å². The zero-order valence-electron chi connectivity index (χ0n) is 21.3. The summed E-state index contributed by atoms with van der Waals surface area (Å²) in [5.74, 6) is 2.86. The summed E-state index contributed by atoms with van der Waals surface area (Å²) >= 11 is 1.65. The van der Waals surface area contributed by atoms with Gasteiger partial charge in [-0.25, -0.2) is 4.98 Å². The number of ether oxygens (including phenoxy) is 2. The average Bonchev–Trinajstić information content (AvgIpc) is 2.99. The Hall–Kier alpha value is -4.27. The van der Waals surface area contributed by atoms with Crippen molar-refractivity contribution < 1.29 is 14.6 Å². The maximum absolute atomic E-state index is 9.74. The molecular weight excluding hydrogens is 508 g/mol. The molecule has 196 valence electrons. The minimum absolute atomic E-state index is 0.0105. The number of hydrogen-bond donors (Lipinski definition) is 3. The van der Waals surface area contributed by atoms with E-state index in [0.29, 0.717) is 32.3 Å². The molecule has 0 fully saturated rings. The third kappa shape index (κ3) is 5.77. The van der Waals surface area contributed by atoms with Gasteiger partial charge in [-0.05, 0) is 53.1 Å². The number of hydrogen-bond acceptors (Lipinski definition) is 8. The molecular formula is C31H28N4O3S. The summed E-state index contributed by atoms with van der Waals surface area (Å²) in [6, 6.07) is 30.1. The molecule has 5 aromatic rings. The van der Waals surface area contributed by atoms with Crippen LogP contribution in [0.25, 0.3) is 10.9 Å². The number of para-hydroxylation sites is 1. The molecule has 1 aliphatic rings. The minimum Gasteiger partial charge on any atom is -0.486 e. The summed E-state index contributed by atoms with van der Waals surface area (Å²) in [6.07, 6.45) is 0. The van der Waals surface area contributed by atoms with Gasteiger partial charge in [-0.3, -0.25) is 0 Å². The Morgan fingerprint density at radius 1 is 0.718 bits per heavy atom. The Balaban J connectivity index is 1.21. The topological polar surface area (TPSA) is 88.5 Å². The highest BCUT2D eigenvalue weighted by molar-refractivity contribution is 7.99. The summed E-state index contributed by atoms with van der Waals surface area (Å²) < 4.78 is 11.4. The summed E-state index contributed by atoms with van der Waals surface area (Å²) in [4.78, 5) is 11.8. The van der Waals surface area contributed by atoms with Crippen molar-refractivity contribution in [1.29, 1.82) is 0 Å². The molecule has 8 heteroatoms. The highest BCUT2D eigenvalue weighted by Gasteiger charge is 2.13. The lowest BCUT2D eigenvalue weighted by molar-refractivity contribution is 0.171. The number of aliphatic hydroxyl groups excluding tert-OH is 1. The standard InChI is InChI=1S/C31H28N4O3S/c36-20-23-8-2-6-12-29(23)39-28-11-5-1-7-22(28)19-33-31-34-25-10-4-3-9-24(25)30(35-31)32-18-21-13-14-26-27(17-21)38-16-15-37-26/h1-14,17,36H,15-16,18-20H2,(H2,32,33,34,35). The second-order valence-electron chi connectivity index (χ2n) is 9.07. The number of nitrogens with one attached hydrogen (secondary N) is 2. The van der Waals surface area contributed by atoms with Gasteiger partial charge in [0.1, 0.15) is 19.0 Å². The Kier molecular flexibility index (Phi) is 7.47. The molecule has 39 heavy (non-hydrogen) atoms. The molecule has 0 unspecified atom stereocenters. The Morgan fingerprint density at radius 2 is 1.44 bits per heavy atom. The van der Waals surface area contributed by atoms with Crippen LogP contribution in [0.1, 0.15) is 16.7 Å². The minimum atomic E-state index is 0.0105. The smallest absolute Gasteiger partial charge is 0.225 e. The van der Waals surface area contributed by atoms with Gasteiger partial charge in [-0.2, -0.15) is 4.98 Å². The van der Waals surface area contributed by atoms with Gasteiger partial charge in [-0.1, -0.05) is 66.4 Å². The third-order valence-electron chi connectivity index (χ3n) is 6.44. The summed E-state index contributed by atoms with van der Waals surface area (Å²) in [5.41, 5.74) is 3.97. The lowest BCUT2D eigenvalue weighted by Crippen LogP contribution is -2.15. The van der Waals surface area contributed by atoms with Crippen LogP contribution in [0.2, 0.25) is 0 Å². The van der Waals surface area contributed by atoms with E-state index in [4.69, 9.17) is 19.4 Å². The molecule has 1 aromatic heterocycles. The van der Waals surface area contributed by atoms with Gasteiger partial charge in [0, 0.05) is 28.3 Å². The van der Waals surface area contributed by atoms with Crippen LogP contribution in [0.5, 0.6) is 11.5 Å². The fourth-order valence-electron chi connectivity index (χ4n) is 4.45. The van der Waals surface area contributed by atoms with Crippen LogP contribution < -0.4 is 20.1 Å². The van der Waals surface area contributed by atoms with Crippen LogP contribution in [0.4, 0.5) is 11.8 Å². The molecule has 0 bridgehead atoms. The second-order valence-corrected chi connectivity index (χ2v) is 10.2. The quantitative estimate of drug-likeness (QED) is 0.203. The van der Waals surface area contributed by atoms with Gasteiger partial charge >= 0.3 is 0 Å². The molecule has 0 aliphatic carbocycles. The van der Waals surface area contributed by atoms with E-state index >= 15 is 0 Å². The van der Waals surface area contributed by atoms with Crippen molar-refractivity contribution >= 4 is 34.4 Å². The van der Waals surface area contributed by atoms with E-state index in [1.165, 1.54) is 0 Å². The number of anilines is 2. The first-order valence-corrected chi connectivity index (χ1v) is 13.7. The average molecular weight is 537 g/mol. The second kappa shape index (κ2) is 11.6. The van der Waals surface area contributed by atoms with Crippen LogP contribution >= 0.6 is 11.8 Å². The van der Waals surface area contributed by atoms with E-state index in [-0.39, 0.29) is 6.61 Å². The lowest BCUT2D eigenvalue weighted by Gasteiger charge is -2.19. The van der Waals surface area contributed by atoms with Gasteiger partial charge in [0.25, 0.3) is 0 Å². The number of aliphatic hydroxyl groups is 1. The van der Waals surface area contributed by atoms with Crippen molar-refractivity contribution in [3.8, 4) is 11.5 Å². The predicted molar refractivity (Wildman–Crippen MR) is 155 cm³/mol. The van der Waals surface area contributed by atoms with Crippen molar-refractivity contribution in [2.45, 2.75) is 29.5 Å². The van der Waals surface area contributed by atoms with Crippen LogP contribution in [-0.2, 0) is 19.7 Å². The molecule has 4 aromatic carbocycles. The molecule has 0 saturated carbocycles. The normalized spacial score (nSPS) is 12.3. The Bertz CT molecular complexity index is 1610. The summed E-state index contributed by atoms with van der Waals surface area (Å²) in [7, 11) is 0. The molecule has 0 atom stereocenters. The fourth-order valence-corrected chi connectivity index (χ4v) is 5.52. The zero-order valence-corrected chi connectivity index (χ0v) is 22.1. The van der Waals surface area contributed by atoms with Gasteiger partial charge in [0.2, 0.25) is 5.95 Å². The van der Waals surface area contributed by atoms with Crippen molar-refractivity contribution in [3.05, 3.63) is 108 Å². The van der Waals surface area contributed by atoms with E-state index in [1.807, 2.05) is 78.9 Å². The monoisotopic (exact) mass is 536 g/mol.